The van der Waals surface area contributed by atoms with E-state index in [1.54, 1.807) is 6.07 Å². The van der Waals surface area contributed by atoms with Gasteiger partial charge in [-0.3, -0.25) is 4.79 Å². The van der Waals surface area contributed by atoms with E-state index in [0.717, 1.165) is 40.4 Å². The molecule has 2 fully saturated rings. The Kier molecular flexibility index (Phi) is 7.21. The summed E-state index contributed by atoms with van der Waals surface area (Å²) < 4.78 is 22.3. The van der Waals surface area contributed by atoms with Crippen LogP contribution in [0.2, 0.25) is 0 Å². The van der Waals surface area contributed by atoms with Gasteiger partial charge in [0.2, 0.25) is 0 Å². The normalized spacial score (nSPS) is 19.7. The van der Waals surface area contributed by atoms with Crippen molar-refractivity contribution in [3.8, 4) is 28.3 Å². The van der Waals surface area contributed by atoms with Gasteiger partial charge in [-0.2, -0.15) is 5.26 Å². The lowest BCUT2D eigenvalue weighted by atomic mass is 9.90. The fraction of sp³-hybridized carbons (Fsp3) is 0.343. The standard InChI is InChI=1S/C35H35FN4O3/c1-35(2,3)43-34(42)38-26-18-27-9-10-28(19-26)40(27)33(41)24-7-11-29(21-8-12-32-23(15-21)13-14-39(32)4)30(16-24)22-5-6-25(20-37)31(36)17-22/h5-8,11-17,26-28H,9-10,18-19H2,1-4H3,(H,38,42). The summed E-state index contributed by atoms with van der Waals surface area (Å²) in [5.41, 5.74) is 4.16. The Bertz CT molecular complexity index is 1770. The van der Waals surface area contributed by atoms with Crippen molar-refractivity contribution in [2.75, 3.05) is 0 Å². The maximum absolute atomic E-state index is 14.8. The van der Waals surface area contributed by atoms with Crippen molar-refractivity contribution in [2.24, 2.45) is 7.05 Å². The summed E-state index contributed by atoms with van der Waals surface area (Å²) in [4.78, 5) is 28.4. The van der Waals surface area contributed by atoms with Crippen molar-refractivity contribution in [2.45, 2.75) is 70.2 Å². The van der Waals surface area contributed by atoms with Crippen LogP contribution < -0.4 is 5.32 Å². The van der Waals surface area contributed by atoms with E-state index >= 15 is 0 Å². The fourth-order valence-electron chi connectivity index (χ4n) is 6.64. The summed E-state index contributed by atoms with van der Waals surface area (Å²) in [7, 11) is 2.00. The van der Waals surface area contributed by atoms with Gasteiger partial charge < -0.3 is 19.5 Å². The summed E-state index contributed by atoms with van der Waals surface area (Å²) >= 11 is 0. The SMILES string of the molecule is Cn1ccc2cc(-c3ccc(C(=O)N4C5CCC4CC(NC(=O)OC(C)(C)C)C5)cc3-c3ccc(C#N)c(F)c3)ccc21. The zero-order valence-electron chi connectivity index (χ0n) is 24.9. The van der Waals surface area contributed by atoms with Crippen LogP contribution in [0, 0.1) is 17.1 Å². The largest absolute Gasteiger partial charge is 0.444 e. The first-order valence-electron chi connectivity index (χ1n) is 14.7. The molecule has 1 N–H and O–H groups in total. The molecule has 2 saturated heterocycles. The second-order valence-corrected chi connectivity index (χ2v) is 12.7. The van der Waals surface area contributed by atoms with Crippen LogP contribution in [0.5, 0.6) is 0 Å². The van der Waals surface area contributed by atoms with Crippen molar-refractivity contribution < 1.29 is 18.7 Å². The van der Waals surface area contributed by atoms with E-state index in [0.29, 0.717) is 24.0 Å². The number of ether oxygens (including phenoxy) is 1. The molecule has 220 valence electrons. The Balaban J connectivity index is 1.32. The molecule has 7 nitrogen and oxygen atoms in total. The molecule has 2 amide bonds. The van der Waals surface area contributed by atoms with Gasteiger partial charge in [0, 0.05) is 47.8 Å². The molecule has 3 aromatic carbocycles. The van der Waals surface area contributed by atoms with E-state index in [-0.39, 0.29) is 29.6 Å². The predicted molar refractivity (Wildman–Crippen MR) is 164 cm³/mol. The Hall–Kier alpha value is -4.64. The third kappa shape index (κ3) is 5.60. The number of piperidine rings is 1. The minimum Gasteiger partial charge on any atom is -0.444 e. The Labute approximate surface area is 250 Å². The van der Waals surface area contributed by atoms with Crippen molar-refractivity contribution >= 4 is 22.9 Å². The topological polar surface area (TPSA) is 87.4 Å². The van der Waals surface area contributed by atoms with Gasteiger partial charge >= 0.3 is 6.09 Å². The van der Waals surface area contributed by atoms with Gasteiger partial charge in [-0.05, 0) is 111 Å². The average Bonchev–Trinajstić information content (AvgIpc) is 3.46. The summed E-state index contributed by atoms with van der Waals surface area (Å²) in [5, 5.41) is 13.4. The molecular formula is C35H35FN4O3. The van der Waals surface area contributed by atoms with E-state index < -0.39 is 17.5 Å². The first kappa shape index (κ1) is 28.5. The summed E-state index contributed by atoms with van der Waals surface area (Å²) in [5.74, 6) is -0.664. The highest BCUT2D eigenvalue weighted by molar-refractivity contribution is 5.99. The number of rotatable bonds is 4. The number of halogens is 1. The number of aryl methyl sites for hydroxylation is 1. The Morgan fingerprint density at radius 2 is 1.65 bits per heavy atom. The second kappa shape index (κ2) is 10.9. The van der Waals surface area contributed by atoms with E-state index in [2.05, 4.69) is 28.1 Å². The van der Waals surface area contributed by atoms with Gasteiger partial charge in [-0.1, -0.05) is 18.2 Å². The van der Waals surface area contributed by atoms with Crippen LogP contribution in [0.3, 0.4) is 0 Å². The highest BCUT2D eigenvalue weighted by atomic mass is 19.1. The highest BCUT2D eigenvalue weighted by Gasteiger charge is 2.44. The molecule has 8 heteroatoms. The first-order valence-corrected chi connectivity index (χ1v) is 14.7. The van der Waals surface area contributed by atoms with E-state index in [9.17, 15) is 19.2 Å². The molecule has 6 rings (SSSR count). The van der Waals surface area contributed by atoms with Crippen LogP contribution in [0.1, 0.15) is 62.4 Å². The molecule has 1 aromatic heterocycles. The van der Waals surface area contributed by atoms with E-state index in [1.165, 1.54) is 12.1 Å². The molecule has 0 aliphatic carbocycles. The van der Waals surface area contributed by atoms with Crippen molar-refractivity contribution in [1.82, 2.24) is 14.8 Å². The van der Waals surface area contributed by atoms with Gasteiger partial charge in [0.25, 0.3) is 5.91 Å². The van der Waals surface area contributed by atoms with Crippen molar-refractivity contribution in [3.63, 3.8) is 0 Å². The minimum atomic E-state index is -0.598. The summed E-state index contributed by atoms with van der Waals surface area (Å²) in [6, 6.07) is 20.3. The molecule has 3 heterocycles. The van der Waals surface area contributed by atoms with Crippen LogP contribution in [-0.4, -0.2) is 45.2 Å². The lowest BCUT2D eigenvalue weighted by Crippen LogP contribution is -2.53. The van der Waals surface area contributed by atoms with Gasteiger partial charge in [0.05, 0.1) is 5.56 Å². The molecule has 0 radical (unpaired) electrons. The molecule has 2 unspecified atom stereocenters. The average molecular weight is 579 g/mol. The number of carbonyl (C=O) groups is 2. The van der Waals surface area contributed by atoms with Crippen LogP contribution in [-0.2, 0) is 11.8 Å². The van der Waals surface area contributed by atoms with Gasteiger partial charge in [-0.25, -0.2) is 9.18 Å². The Morgan fingerprint density at radius 1 is 0.953 bits per heavy atom. The smallest absolute Gasteiger partial charge is 0.407 e. The number of carbonyl (C=O) groups excluding carboxylic acids is 2. The molecule has 0 spiro atoms. The summed E-state index contributed by atoms with van der Waals surface area (Å²) in [6.45, 7) is 5.51. The van der Waals surface area contributed by atoms with Gasteiger partial charge in [0.1, 0.15) is 17.5 Å². The molecule has 2 bridgehead atoms. The number of hydrogen-bond acceptors (Lipinski definition) is 4. The molecule has 2 aliphatic heterocycles. The fourth-order valence-corrected chi connectivity index (χ4v) is 6.64. The maximum Gasteiger partial charge on any atom is 0.407 e. The molecule has 43 heavy (non-hydrogen) atoms. The van der Waals surface area contributed by atoms with E-state index in [4.69, 9.17) is 4.74 Å². The number of aromatic nitrogens is 1. The number of nitriles is 1. The number of nitrogens with zero attached hydrogens (tertiary/aromatic N) is 3. The minimum absolute atomic E-state index is 0.0159. The number of hydrogen-bond donors (Lipinski definition) is 1. The predicted octanol–water partition coefficient (Wildman–Crippen LogP) is 7.18. The first-order chi connectivity index (χ1) is 20.5. The second-order valence-electron chi connectivity index (χ2n) is 12.7. The zero-order chi connectivity index (χ0) is 30.5. The molecule has 2 atom stereocenters. The molecule has 0 saturated carbocycles. The number of amides is 2. The van der Waals surface area contributed by atoms with Crippen LogP contribution in [0.15, 0.2) is 66.9 Å². The van der Waals surface area contributed by atoms with Gasteiger partial charge in [0.15, 0.2) is 0 Å². The zero-order valence-corrected chi connectivity index (χ0v) is 24.9. The summed E-state index contributed by atoms with van der Waals surface area (Å²) in [6.07, 6.45) is 4.68. The third-order valence-corrected chi connectivity index (χ3v) is 8.55. The number of fused-ring (bicyclic) bond motifs is 3. The highest BCUT2D eigenvalue weighted by Crippen LogP contribution is 2.39. The molecule has 2 aliphatic rings. The third-order valence-electron chi connectivity index (χ3n) is 8.55. The van der Waals surface area contributed by atoms with E-state index in [1.807, 2.05) is 69.3 Å². The number of alkyl carbamates (subject to hydrolysis) is 1. The van der Waals surface area contributed by atoms with Crippen LogP contribution in [0.25, 0.3) is 33.2 Å². The molecule has 4 aromatic rings. The Morgan fingerprint density at radius 3 is 2.33 bits per heavy atom. The molecular weight excluding hydrogens is 543 g/mol. The number of benzene rings is 3. The van der Waals surface area contributed by atoms with Gasteiger partial charge in [-0.15, -0.1) is 0 Å². The lowest BCUT2D eigenvalue weighted by molar-refractivity contribution is 0.0418. The van der Waals surface area contributed by atoms with Crippen molar-refractivity contribution in [3.05, 3.63) is 83.8 Å². The number of nitrogens with one attached hydrogen (secondary N) is 1. The van der Waals surface area contributed by atoms with Crippen molar-refractivity contribution in [1.29, 1.82) is 5.26 Å². The maximum atomic E-state index is 14.8. The lowest BCUT2D eigenvalue weighted by Gasteiger charge is -2.39. The quantitative estimate of drug-likeness (QED) is 0.278. The monoisotopic (exact) mass is 578 g/mol. The van der Waals surface area contributed by atoms with Crippen LogP contribution >= 0.6 is 0 Å². The van der Waals surface area contributed by atoms with Crippen LogP contribution in [0.4, 0.5) is 9.18 Å².